The maximum Gasteiger partial charge on any atom is 0.0303 e. The van der Waals surface area contributed by atoms with E-state index in [9.17, 15) is 0 Å². The molecule has 0 spiro atoms. The first-order valence-electron chi connectivity index (χ1n) is 6.96. The van der Waals surface area contributed by atoms with Crippen LogP contribution in [0.15, 0.2) is 62.8 Å². The van der Waals surface area contributed by atoms with Gasteiger partial charge < -0.3 is 5.32 Å². The number of hydrogen-bond donors (Lipinski definition) is 1. The second-order valence-electron chi connectivity index (χ2n) is 4.77. The van der Waals surface area contributed by atoms with Gasteiger partial charge in [0.25, 0.3) is 0 Å². The molecular weight excluding hydrogens is 330 g/mol. The van der Waals surface area contributed by atoms with E-state index in [1.54, 1.807) is 0 Å². The molecule has 2 rings (SSSR count). The molecule has 1 atom stereocenters. The summed E-state index contributed by atoms with van der Waals surface area (Å²) in [6.07, 6.45) is 1.16. The summed E-state index contributed by atoms with van der Waals surface area (Å²) in [5.41, 5.74) is 1.37. The van der Waals surface area contributed by atoms with Gasteiger partial charge in [0, 0.05) is 20.3 Å². The van der Waals surface area contributed by atoms with Crippen molar-refractivity contribution in [3.05, 3.63) is 58.6 Å². The van der Waals surface area contributed by atoms with Crippen LogP contribution >= 0.6 is 27.7 Å². The topological polar surface area (TPSA) is 12.0 Å². The van der Waals surface area contributed by atoms with Crippen molar-refractivity contribution in [3.8, 4) is 0 Å². The van der Waals surface area contributed by atoms with Crippen molar-refractivity contribution in [1.82, 2.24) is 5.32 Å². The third kappa shape index (κ3) is 4.37. The number of benzene rings is 2. The van der Waals surface area contributed by atoms with E-state index in [-0.39, 0.29) is 0 Å². The minimum atomic E-state index is 0.380. The second-order valence-corrected chi connectivity index (χ2v) is 6.80. The van der Waals surface area contributed by atoms with Gasteiger partial charge in [-0.25, -0.2) is 0 Å². The molecule has 0 fully saturated rings. The SMILES string of the molecule is CCCNC(C)c1ccccc1Sc1cccc(Br)c1. The van der Waals surface area contributed by atoms with E-state index in [0.717, 1.165) is 17.4 Å². The molecule has 3 heteroatoms. The molecule has 0 heterocycles. The molecular formula is C17H20BrNS. The van der Waals surface area contributed by atoms with Gasteiger partial charge in [0.15, 0.2) is 0 Å². The lowest BCUT2D eigenvalue weighted by atomic mass is 10.1. The van der Waals surface area contributed by atoms with Crippen LogP contribution < -0.4 is 5.32 Å². The Morgan fingerprint density at radius 3 is 2.70 bits per heavy atom. The Morgan fingerprint density at radius 1 is 1.15 bits per heavy atom. The van der Waals surface area contributed by atoms with Crippen LogP contribution in [0.2, 0.25) is 0 Å². The Kier molecular flexibility index (Phi) is 6.14. The van der Waals surface area contributed by atoms with Crippen LogP contribution in [0.5, 0.6) is 0 Å². The van der Waals surface area contributed by atoms with E-state index in [1.807, 2.05) is 11.8 Å². The van der Waals surface area contributed by atoms with Crippen molar-refractivity contribution in [2.24, 2.45) is 0 Å². The Balaban J connectivity index is 2.19. The predicted molar refractivity (Wildman–Crippen MR) is 91.4 cm³/mol. The van der Waals surface area contributed by atoms with Crippen molar-refractivity contribution < 1.29 is 0 Å². The number of hydrogen-bond acceptors (Lipinski definition) is 2. The zero-order valence-corrected chi connectivity index (χ0v) is 14.3. The van der Waals surface area contributed by atoms with Crippen LogP contribution in [0.25, 0.3) is 0 Å². The molecule has 0 saturated carbocycles. The molecule has 0 radical (unpaired) electrons. The summed E-state index contributed by atoms with van der Waals surface area (Å²) in [6, 6.07) is 17.5. The van der Waals surface area contributed by atoms with Gasteiger partial charge in [-0.1, -0.05) is 58.9 Å². The Hall–Kier alpha value is -0.770. The van der Waals surface area contributed by atoms with Gasteiger partial charge in [0.05, 0.1) is 0 Å². The lowest BCUT2D eigenvalue weighted by Crippen LogP contribution is -2.19. The van der Waals surface area contributed by atoms with Crippen molar-refractivity contribution in [2.75, 3.05) is 6.54 Å². The second kappa shape index (κ2) is 7.87. The summed E-state index contributed by atoms with van der Waals surface area (Å²) in [4.78, 5) is 2.58. The molecule has 20 heavy (non-hydrogen) atoms. The quantitative estimate of drug-likeness (QED) is 0.721. The Bertz CT molecular complexity index is 556. The lowest BCUT2D eigenvalue weighted by Gasteiger charge is -2.17. The fourth-order valence-electron chi connectivity index (χ4n) is 2.06. The van der Waals surface area contributed by atoms with E-state index in [2.05, 4.69) is 83.6 Å². The smallest absolute Gasteiger partial charge is 0.0303 e. The predicted octanol–water partition coefficient (Wildman–Crippen LogP) is 5.66. The number of halogens is 1. The van der Waals surface area contributed by atoms with Crippen molar-refractivity contribution in [1.29, 1.82) is 0 Å². The zero-order valence-electron chi connectivity index (χ0n) is 11.9. The molecule has 0 aromatic heterocycles. The highest BCUT2D eigenvalue weighted by molar-refractivity contribution is 9.10. The summed E-state index contributed by atoms with van der Waals surface area (Å²) in [6.45, 7) is 5.48. The number of rotatable bonds is 6. The summed E-state index contributed by atoms with van der Waals surface area (Å²) in [7, 11) is 0. The van der Waals surface area contributed by atoms with Gasteiger partial charge in [-0.3, -0.25) is 0 Å². The molecule has 0 amide bonds. The summed E-state index contributed by atoms with van der Waals surface area (Å²) in [5, 5.41) is 3.56. The molecule has 0 saturated heterocycles. The maximum absolute atomic E-state index is 3.56. The fourth-order valence-corrected chi connectivity index (χ4v) is 3.71. The molecule has 0 aliphatic heterocycles. The first-order valence-corrected chi connectivity index (χ1v) is 8.57. The van der Waals surface area contributed by atoms with E-state index < -0.39 is 0 Å². The van der Waals surface area contributed by atoms with Crippen LogP contribution in [0.4, 0.5) is 0 Å². The molecule has 0 aliphatic carbocycles. The van der Waals surface area contributed by atoms with Gasteiger partial charge in [-0.05, 0) is 49.7 Å². The largest absolute Gasteiger partial charge is 0.310 e. The molecule has 0 bridgehead atoms. The van der Waals surface area contributed by atoms with Gasteiger partial charge in [0.2, 0.25) is 0 Å². The van der Waals surface area contributed by atoms with Crippen LogP contribution in [0, 0.1) is 0 Å². The summed E-state index contributed by atoms with van der Waals surface area (Å²) < 4.78 is 1.12. The van der Waals surface area contributed by atoms with Gasteiger partial charge in [0.1, 0.15) is 0 Å². The highest BCUT2D eigenvalue weighted by atomic mass is 79.9. The molecule has 106 valence electrons. The van der Waals surface area contributed by atoms with Crippen LogP contribution in [-0.4, -0.2) is 6.54 Å². The van der Waals surface area contributed by atoms with E-state index in [4.69, 9.17) is 0 Å². The fraction of sp³-hybridized carbons (Fsp3) is 0.294. The van der Waals surface area contributed by atoms with Crippen molar-refractivity contribution in [2.45, 2.75) is 36.1 Å². The monoisotopic (exact) mass is 349 g/mol. The molecule has 0 aliphatic rings. The van der Waals surface area contributed by atoms with E-state index in [1.165, 1.54) is 15.4 Å². The van der Waals surface area contributed by atoms with Gasteiger partial charge in [-0.2, -0.15) is 0 Å². The standard InChI is InChI=1S/C17H20BrNS/c1-3-11-19-13(2)16-9-4-5-10-17(16)20-15-8-6-7-14(18)12-15/h4-10,12-13,19H,3,11H2,1-2H3. The minimum Gasteiger partial charge on any atom is -0.310 e. The third-order valence-corrected chi connectivity index (χ3v) is 4.68. The molecule has 1 nitrogen and oxygen atoms in total. The van der Waals surface area contributed by atoms with Crippen LogP contribution in [-0.2, 0) is 0 Å². The first kappa shape index (κ1) is 15.6. The normalized spacial score (nSPS) is 12.3. The first-order chi connectivity index (χ1) is 9.70. The minimum absolute atomic E-state index is 0.380. The Labute approximate surface area is 134 Å². The van der Waals surface area contributed by atoms with Gasteiger partial charge >= 0.3 is 0 Å². The lowest BCUT2D eigenvalue weighted by molar-refractivity contribution is 0.564. The highest BCUT2D eigenvalue weighted by Gasteiger charge is 2.10. The highest BCUT2D eigenvalue weighted by Crippen LogP contribution is 2.34. The average molecular weight is 350 g/mol. The number of nitrogens with one attached hydrogen (secondary N) is 1. The van der Waals surface area contributed by atoms with Crippen molar-refractivity contribution >= 4 is 27.7 Å². The molecule has 1 N–H and O–H groups in total. The van der Waals surface area contributed by atoms with E-state index in [0.29, 0.717) is 6.04 Å². The van der Waals surface area contributed by atoms with Crippen molar-refractivity contribution in [3.63, 3.8) is 0 Å². The molecule has 2 aromatic rings. The molecule has 1 unspecified atom stereocenters. The summed E-state index contributed by atoms with van der Waals surface area (Å²) >= 11 is 5.35. The third-order valence-electron chi connectivity index (χ3n) is 3.11. The van der Waals surface area contributed by atoms with Crippen LogP contribution in [0.1, 0.15) is 31.9 Å². The Morgan fingerprint density at radius 2 is 1.95 bits per heavy atom. The van der Waals surface area contributed by atoms with Gasteiger partial charge in [-0.15, -0.1) is 0 Å². The maximum atomic E-state index is 3.56. The summed E-state index contributed by atoms with van der Waals surface area (Å²) in [5.74, 6) is 0. The zero-order chi connectivity index (χ0) is 14.4. The average Bonchev–Trinajstić information content (AvgIpc) is 2.45. The van der Waals surface area contributed by atoms with Crippen LogP contribution in [0.3, 0.4) is 0 Å². The van der Waals surface area contributed by atoms with E-state index >= 15 is 0 Å². The molecule has 2 aromatic carbocycles.